The Kier molecular flexibility index (Phi) is 4.19. The van der Waals surface area contributed by atoms with E-state index in [4.69, 9.17) is 4.42 Å². The fourth-order valence-corrected chi connectivity index (χ4v) is 4.28. The molecule has 1 saturated heterocycles. The maximum atomic E-state index is 13.3. The molecule has 0 saturated carbocycles. The molecule has 0 radical (unpaired) electrons. The Morgan fingerprint density at radius 2 is 2.28 bits per heavy atom. The lowest BCUT2D eigenvalue weighted by atomic mass is 9.78. The van der Waals surface area contributed by atoms with Gasteiger partial charge in [-0.2, -0.15) is 5.10 Å². The number of nitrogens with one attached hydrogen (secondary N) is 1. The Bertz CT molecular complexity index is 765. The van der Waals surface area contributed by atoms with Crippen LogP contribution in [0.4, 0.5) is 0 Å². The minimum absolute atomic E-state index is 0.0320. The number of nitrogens with zero attached hydrogens (tertiary/aromatic N) is 2. The number of hydrogen-bond acceptors (Lipinski definition) is 4. The second-order valence-corrected chi connectivity index (χ2v) is 7.23. The Balaban J connectivity index is 1.52. The lowest BCUT2D eigenvalue weighted by Crippen LogP contribution is -2.42. The summed E-state index contributed by atoms with van der Waals surface area (Å²) in [4.78, 5) is 27.6. The summed E-state index contributed by atoms with van der Waals surface area (Å²) >= 11 is 0. The molecule has 0 aromatic carbocycles. The van der Waals surface area contributed by atoms with Gasteiger partial charge in [0.05, 0.1) is 18.4 Å². The summed E-state index contributed by atoms with van der Waals surface area (Å²) in [5.41, 5.74) is 2.12. The molecule has 132 valence electrons. The zero-order valence-corrected chi connectivity index (χ0v) is 14.4. The number of furan rings is 1. The molecule has 1 amide bonds. The average molecular weight is 341 g/mol. The number of Topliss-reactive ketones (excluding diaryl/α,β-unsaturated/α-hetero) is 1. The number of aryl methyl sites for hydroxylation is 1. The van der Waals surface area contributed by atoms with Crippen molar-refractivity contribution in [2.24, 2.45) is 5.92 Å². The maximum absolute atomic E-state index is 13.3. The number of H-pyrrole nitrogens is 1. The Morgan fingerprint density at radius 3 is 3.08 bits per heavy atom. The van der Waals surface area contributed by atoms with Crippen LogP contribution in [-0.4, -0.2) is 39.4 Å². The molecular formula is C19H23N3O3. The molecule has 1 fully saturated rings. The van der Waals surface area contributed by atoms with Gasteiger partial charge in [-0.1, -0.05) is 6.92 Å². The van der Waals surface area contributed by atoms with Crippen molar-refractivity contribution in [2.45, 2.75) is 51.0 Å². The quantitative estimate of drug-likeness (QED) is 0.867. The van der Waals surface area contributed by atoms with Gasteiger partial charge in [0, 0.05) is 30.3 Å². The van der Waals surface area contributed by atoms with Crippen LogP contribution in [0.25, 0.3) is 0 Å². The van der Waals surface area contributed by atoms with Crippen molar-refractivity contribution in [1.82, 2.24) is 15.1 Å². The molecule has 1 aliphatic carbocycles. The van der Waals surface area contributed by atoms with Crippen LogP contribution in [0.2, 0.25) is 0 Å². The monoisotopic (exact) mass is 341 g/mol. The van der Waals surface area contributed by atoms with E-state index in [9.17, 15) is 9.59 Å². The molecular weight excluding hydrogens is 318 g/mol. The number of aromatic nitrogens is 2. The highest BCUT2D eigenvalue weighted by atomic mass is 16.3. The molecule has 2 aromatic heterocycles. The van der Waals surface area contributed by atoms with Gasteiger partial charge in [-0.15, -0.1) is 0 Å². The molecule has 6 nitrogen and oxygen atoms in total. The lowest BCUT2D eigenvalue weighted by Gasteiger charge is -2.33. The smallest absolute Gasteiger partial charge is 0.230 e. The number of carbonyl (C=O) groups excluding carboxylic acids is 2. The number of ketones is 1. The largest absolute Gasteiger partial charge is 0.461 e. The van der Waals surface area contributed by atoms with E-state index in [2.05, 4.69) is 17.1 Å². The van der Waals surface area contributed by atoms with E-state index in [0.717, 1.165) is 43.5 Å². The van der Waals surface area contributed by atoms with Crippen molar-refractivity contribution in [3.05, 3.63) is 41.6 Å². The number of rotatable bonds is 4. The molecule has 2 aromatic rings. The first kappa shape index (κ1) is 16.1. The highest BCUT2D eigenvalue weighted by Crippen LogP contribution is 2.38. The van der Waals surface area contributed by atoms with Crippen molar-refractivity contribution in [2.75, 3.05) is 6.54 Å². The molecule has 3 unspecified atom stereocenters. The summed E-state index contributed by atoms with van der Waals surface area (Å²) in [6, 6.07) is 3.37. The molecule has 6 heteroatoms. The summed E-state index contributed by atoms with van der Waals surface area (Å²) in [7, 11) is 0. The Hall–Kier alpha value is -2.37. The third-order valence-electron chi connectivity index (χ3n) is 5.65. The van der Waals surface area contributed by atoms with Gasteiger partial charge in [0.15, 0.2) is 11.5 Å². The van der Waals surface area contributed by atoms with Crippen molar-refractivity contribution >= 4 is 11.7 Å². The van der Waals surface area contributed by atoms with E-state index in [1.165, 1.54) is 6.26 Å². The van der Waals surface area contributed by atoms with Crippen molar-refractivity contribution < 1.29 is 14.0 Å². The predicted octanol–water partition coefficient (Wildman–Crippen LogP) is 2.93. The third kappa shape index (κ3) is 2.90. The third-order valence-corrected chi connectivity index (χ3v) is 5.65. The van der Waals surface area contributed by atoms with Crippen molar-refractivity contribution in [3.8, 4) is 0 Å². The van der Waals surface area contributed by atoms with Crippen LogP contribution in [0.3, 0.4) is 0 Å². The zero-order chi connectivity index (χ0) is 17.4. The van der Waals surface area contributed by atoms with Gasteiger partial charge in [0.1, 0.15) is 0 Å². The Labute approximate surface area is 146 Å². The van der Waals surface area contributed by atoms with Gasteiger partial charge < -0.3 is 9.32 Å². The van der Waals surface area contributed by atoms with E-state index in [1.807, 2.05) is 4.90 Å². The van der Waals surface area contributed by atoms with Gasteiger partial charge >= 0.3 is 0 Å². The maximum Gasteiger partial charge on any atom is 0.230 e. The number of hydrogen-bond donors (Lipinski definition) is 1. The van der Waals surface area contributed by atoms with E-state index >= 15 is 0 Å². The summed E-state index contributed by atoms with van der Waals surface area (Å²) in [5.74, 6) is 0.629. The summed E-state index contributed by atoms with van der Waals surface area (Å²) < 4.78 is 5.21. The first-order valence-corrected chi connectivity index (χ1v) is 9.04. The predicted molar refractivity (Wildman–Crippen MR) is 91.2 cm³/mol. The SMILES string of the molecule is CC1CCc2[nH]ncc2C1C(=O)N1CCCC1CC(=O)c1ccco1. The fraction of sp³-hybridized carbons (Fsp3) is 0.526. The second-order valence-electron chi connectivity index (χ2n) is 7.23. The summed E-state index contributed by atoms with van der Waals surface area (Å²) in [5, 5.41) is 7.16. The first-order chi connectivity index (χ1) is 12.1. The van der Waals surface area contributed by atoms with E-state index in [-0.39, 0.29) is 23.7 Å². The zero-order valence-electron chi connectivity index (χ0n) is 14.4. The normalized spacial score (nSPS) is 25.8. The van der Waals surface area contributed by atoms with Crippen molar-refractivity contribution in [3.63, 3.8) is 0 Å². The standard InChI is InChI=1S/C19H23N3O3/c1-12-6-7-15-14(11-20-21-15)18(12)19(24)22-8-2-4-13(22)10-16(23)17-5-3-9-25-17/h3,5,9,11-13,18H,2,4,6-8,10H2,1H3,(H,20,21). The van der Waals surface area contributed by atoms with Gasteiger partial charge in [-0.25, -0.2) is 0 Å². The molecule has 1 aliphatic heterocycles. The second kappa shape index (κ2) is 6.50. The topological polar surface area (TPSA) is 79.2 Å². The van der Waals surface area contributed by atoms with Crippen LogP contribution in [0.15, 0.2) is 29.0 Å². The molecule has 0 spiro atoms. The molecule has 3 atom stereocenters. The number of likely N-dealkylation sites (tertiary alicyclic amines) is 1. The molecule has 3 heterocycles. The number of aromatic amines is 1. The van der Waals surface area contributed by atoms with Crippen molar-refractivity contribution in [1.29, 1.82) is 0 Å². The van der Waals surface area contributed by atoms with Gasteiger partial charge in [-0.3, -0.25) is 14.7 Å². The van der Waals surface area contributed by atoms with Crippen LogP contribution in [0, 0.1) is 5.92 Å². The highest BCUT2D eigenvalue weighted by molar-refractivity contribution is 5.94. The highest BCUT2D eigenvalue weighted by Gasteiger charge is 2.40. The van der Waals surface area contributed by atoms with E-state index < -0.39 is 0 Å². The molecule has 0 bridgehead atoms. The number of amides is 1. The van der Waals surface area contributed by atoms with Gasteiger partial charge in [0.25, 0.3) is 0 Å². The van der Waals surface area contributed by atoms with Crippen LogP contribution in [0.1, 0.15) is 60.3 Å². The summed E-state index contributed by atoms with van der Waals surface area (Å²) in [6.07, 6.45) is 7.38. The molecule has 4 rings (SSSR count). The number of carbonyl (C=O) groups is 2. The van der Waals surface area contributed by atoms with Crippen LogP contribution >= 0.6 is 0 Å². The molecule has 1 N–H and O–H groups in total. The summed E-state index contributed by atoms with van der Waals surface area (Å²) in [6.45, 7) is 2.86. The van der Waals surface area contributed by atoms with Crippen LogP contribution < -0.4 is 0 Å². The average Bonchev–Trinajstić information content (AvgIpc) is 3.35. The minimum Gasteiger partial charge on any atom is -0.461 e. The van der Waals surface area contributed by atoms with E-state index in [0.29, 0.717) is 18.1 Å². The number of fused-ring (bicyclic) bond motifs is 1. The van der Waals surface area contributed by atoms with Crippen LogP contribution in [0.5, 0.6) is 0 Å². The first-order valence-electron chi connectivity index (χ1n) is 9.04. The lowest BCUT2D eigenvalue weighted by molar-refractivity contribution is -0.135. The molecule has 2 aliphatic rings. The van der Waals surface area contributed by atoms with Gasteiger partial charge in [0.2, 0.25) is 5.91 Å². The van der Waals surface area contributed by atoms with Crippen LogP contribution in [-0.2, 0) is 11.2 Å². The van der Waals surface area contributed by atoms with E-state index in [1.54, 1.807) is 18.3 Å². The molecule has 25 heavy (non-hydrogen) atoms. The fourth-order valence-electron chi connectivity index (χ4n) is 4.28. The Morgan fingerprint density at radius 1 is 1.40 bits per heavy atom. The minimum atomic E-state index is -0.151. The van der Waals surface area contributed by atoms with Gasteiger partial charge in [-0.05, 0) is 43.7 Å².